The van der Waals surface area contributed by atoms with Gasteiger partial charge in [0, 0.05) is 19.2 Å². The largest absolute Gasteiger partial charge is 0.378 e. The van der Waals surface area contributed by atoms with Crippen molar-refractivity contribution in [3.8, 4) is 0 Å². The number of rotatable bonds is 3. The summed E-state index contributed by atoms with van der Waals surface area (Å²) in [7, 11) is 0. The van der Waals surface area contributed by atoms with Crippen molar-refractivity contribution >= 4 is 11.8 Å². The highest BCUT2D eigenvalue weighted by molar-refractivity contribution is 5.95. The zero-order valence-corrected chi connectivity index (χ0v) is 11.5. The van der Waals surface area contributed by atoms with E-state index in [-0.39, 0.29) is 36.5 Å². The van der Waals surface area contributed by atoms with E-state index in [0.717, 1.165) is 45.3 Å². The fourth-order valence-electron chi connectivity index (χ4n) is 3.47. The molecule has 0 spiro atoms. The van der Waals surface area contributed by atoms with Crippen LogP contribution < -0.4 is 0 Å². The molecule has 0 N–H and O–H groups in total. The fourth-order valence-corrected chi connectivity index (χ4v) is 3.47. The number of carbonyl (C=O) groups excluding carboxylic acids is 2. The molecule has 2 saturated heterocycles. The molecule has 0 aromatic rings. The Labute approximate surface area is 113 Å². The third-order valence-corrected chi connectivity index (χ3v) is 4.61. The van der Waals surface area contributed by atoms with Gasteiger partial charge in [-0.2, -0.15) is 0 Å². The first kappa shape index (κ1) is 12.9. The first-order valence-electron chi connectivity index (χ1n) is 7.42. The lowest BCUT2D eigenvalue weighted by atomic mass is 9.86. The van der Waals surface area contributed by atoms with E-state index < -0.39 is 0 Å². The number of piperazine rings is 1. The molecule has 0 aromatic carbocycles. The quantitative estimate of drug-likeness (QED) is 0.758. The normalized spacial score (nSPS) is 35.1. The van der Waals surface area contributed by atoms with E-state index in [1.807, 2.05) is 11.8 Å². The van der Waals surface area contributed by atoms with Gasteiger partial charge in [-0.05, 0) is 39.0 Å². The molecule has 3 rings (SSSR count). The summed E-state index contributed by atoms with van der Waals surface area (Å²) in [5.74, 6) is 0.295. The Kier molecular flexibility index (Phi) is 3.48. The smallest absolute Gasteiger partial charge is 0.246 e. The predicted molar refractivity (Wildman–Crippen MR) is 69.5 cm³/mol. The molecule has 2 amide bonds. The Morgan fingerprint density at radius 2 is 2.00 bits per heavy atom. The molecule has 19 heavy (non-hydrogen) atoms. The minimum Gasteiger partial charge on any atom is -0.378 e. The molecule has 0 aromatic heterocycles. The van der Waals surface area contributed by atoms with Crippen LogP contribution in [0.5, 0.6) is 0 Å². The third kappa shape index (κ3) is 2.24. The summed E-state index contributed by atoms with van der Waals surface area (Å²) in [5, 5.41) is 0. The van der Waals surface area contributed by atoms with Crippen LogP contribution in [0.25, 0.3) is 0 Å². The highest BCUT2D eigenvalue weighted by atomic mass is 16.5. The monoisotopic (exact) mass is 266 g/mol. The number of amides is 2. The second-order valence-electron chi connectivity index (χ2n) is 5.77. The molecule has 0 bridgehead atoms. The van der Waals surface area contributed by atoms with Crippen LogP contribution in [0.15, 0.2) is 0 Å². The molecule has 3 fully saturated rings. The van der Waals surface area contributed by atoms with Crippen LogP contribution in [-0.4, -0.2) is 59.5 Å². The van der Waals surface area contributed by atoms with Crippen molar-refractivity contribution in [3.05, 3.63) is 0 Å². The summed E-state index contributed by atoms with van der Waals surface area (Å²) in [4.78, 5) is 28.2. The number of fused-ring (bicyclic) bond motifs is 1. The first-order valence-corrected chi connectivity index (χ1v) is 7.42. The molecule has 106 valence electrons. The van der Waals surface area contributed by atoms with E-state index in [1.54, 1.807) is 4.90 Å². The molecule has 1 saturated carbocycles. The minimum absolute atomic E-state index is 0.129. The number of ether oxygens (including phenoxy) is 1. The van der Waals surface area contributed by atoms with Crippen LogP contribution in [0.2, 0.25) is 0 Å². The summed E-state index contributed by atoms with van der Waals surface area (Å²) in [6, 6.07) is 0.0400. The van der Waals surface area contributed by atoms with Gasteiger partial charge < -0.3 is 14.5 Å². The topological polar surface area (TPSA) is 49.9 Å². The van der Waals surface area contributed by atoms with Gasteiger partial charge in [-0.15, -0.1) is 0 Å². The zero-order chi connectivity index (χ0) is 13.4. The van der Waals surface area contributed by atoms with E-state index in [0.29, 0.717) is 0 Å². The van der Waals surface area contributed by atoms with Crippen molar-refractivity contribution in [2.24, 2.45) is 0 Å². The molecule has 0 radical (unpaired) electrons. The molecule has 5 nitrogen and oxygen atoms in total. The van der Waals surface area contributed by atoms with Crippen LogP contribution in [0.3, 0.4) is 0 Å². The summed E-state index contributed by atoms with van der Waals surface area (Å²) >= 11 is 0. The second kappa shape index (κ2) is 5.12. The lowest BCUT2D eigenvalue weighted by molar-refractivity contribution is -0.165. The van der Waals surface area contributed by atoms with Crippen molar-refractivity contribution in [3.63, 3.8) is 0 Å². The Morgan fingerprint density at radius 1 is 1.21 bits per heavy atom. The van der Waals surface area contributed by atoms with Crippen LogP contribution in [0.4, 0.5) is 0 Å². The molecule has 1 unspecified atom stereocenters. The highest BCUT2D eigenvalue weighted by Crippen LogP contribution is 2.32. The van der Waals surface area contributed by atoms with Crippen LogP contribution in [0.1, 0.15) is 39.0 Å². The molecule has 5 heteroatoms. The van der Waals surface area contributed by atoms with Gasteiger partial charge in [0.25, 0.3) is 0 Å². The number of piperidine rings is 1. The van der Waals surface area contributed by atoms with Crippen molar-refractivity contribution in [2.45, 2.75) is 57.2 Å². The number of nitrogens with zero attached hydrogens (tertiary/aromatic N) is 2. The van der Waals surface area contributed by atoms with Gasteiger partial charge in [-0.3, -0.25) is 9.59 Å². The van der Waals surface area contributed by atoms with Gasteiger partial charge in [0.15, 0.2) is 0 Å². The average molecular weight is 266 g/mol. The van der Waals surface area contributed by atoms with Gasteiger partial charge in [0.05, 0.1) is 6.10 Å². The highest BCUT2D eigenvalue weighted by Gasteiger charge is 2.46. The molecular formula is C14H22N2O3. The number of carbonyl (C=O) groups is 2. The van der Waals surface area contributed by atoms with Crippen molar-refractivity contribution in [1.29, 1.82) is 0 Å². The van der Waals surface area contributed by atoms with Gasteiger partial charge in [-0.25, -0.2) is 0 Å². The van der Waals surface area contributed by atoms with Gasteiger partial charge >= 0.3 is 0 Å². The van der Waals surface area contributed by atoms with Crippen molar-refractivity contribution in [1.82, 2.24) is 9.80 Å². The maximum atomic E-state index is 12.5. The lowest BCUT2D eigenvalue weighted by Crippen LogP contribution is -2.65. The van der Waals surface area contributed by atoms with E-state index in [4.69, 9.17) is 4.74 Å². The summed E-state index contributed by atoms with van der Waals surface area (Å²) in [6.45, 7) is 3.75. The molecule has 2 aliphatic heterocycles. The summed E-state index contributed by atoms with van der Waals surface area (Å²) < 4.78 is 5.53. The summed E-state index contributed by atoms with van der Waals surface area (Å²) in [5.41, 5.74) is 0. The Morgan fingerprint density at radius 3 is 2.74 bits per heavy atom. The minimum atomic E-state index is -0.179. The van der Waals surface area contributed by atoms with Crippen molar-refractivity contribution in [2.75, 3.05) is 19.7 Å². The van der Waals surface area contributed by atoms with E-state index in [9.17, 15) is 9.59 Å². The van der Waals surface area contributed by atoms with E-state index in [2.05, 4.69) is 0 Å². The second-order valence-corrected chi connectivity index (χ2v) is 5.77. The lowest BCUT2D eigenvalue weighted by Gasteiger charge is -2.49. The van der Waals surface area contributed by atoms with E-state index >= 15 is 0 Å². The molecule has 3 aliphatic rings. The van der Waals surface area contributed by atoms with Gasteiger partial charge in [0.1, 0.15) is 12.6 Å². The Balaban J connectivity index is 1.64. The third-order valence-electron chi connectivity index (χ3n) is 4.61. The SMILES string of the molecule is CCOC1CC(N2CC(=O)N3CCCCC3C2=O)C1. The Bertz CT molecular complexity index is 379. The number of hydrogen-bond donors (Lipinski definition) is 0. The Hall–Kier alpha value is -1.10. The van der Waals surface area contributed by atoms with Crippen LogP contribution in [-0.2, 0) is 14.3 Å². The standard InChI is InChI=1S/C14H22N2O3/c1-2-19-11-7-10(8-11)16-9-13(17)15-6-4-3-5-12(15)14(16)18/h10-12H,2-9H2,1H3. The number of hydrogen-bond acceptors (Lipinski definition) is 3. The van der Waals surface area contributed by atoms with Gasteiger partial charge in [-0.1, -0.05) is 0 Å². The molecule has 1 aliphatic carbocycles. The predicted octanol–water partition coefficient (Wildman–Crippen LogP) is 0.777. The maximum absolute atomic E-state index is 12.5. The zero-order valence-electron chi connectivity index (χ0n) is 11.5. The maximum Gasteiger partial charge on any atom is 0.246 e. The van der Waals surface area contributed by atoms with Crippen LogP contribution >= 0.6 is 0 Å². The van der Waals surface area contributed by atoms with Crippen LogP contribution in [0, 0.1) is 0 Å². The molecular weight excluding hydrogens is 244 g/mol. The van der Waals surface area contributed by atoms with Gasteiger partial charge in [0.2, 0.25) is 11.8 Å². The fraction of sp³-hybridized carbons (Fsp3) is 0.857. The van der Waals surface area contributed by atoms with Crippen molar-refractivity contribution < 1.29 is 14.3 Å². The molecule has 1 atom stereocenters. The first-order chi connectivity index (χ1) is 9.20. The molecule has 2 heterocycles. The van der Waals surface area contributed by atoms with E-state index in [1.165, 1.54) is 0 Å². The summed E-state index contributed by atoms with van der Waals surface area (Å²) in [6.07, 6.45) is 4.98. The average Bonchev–Trinajstić information content (AvgIpc) is 2.38.